The molecule has 0 fully saturated rings. The zero-order valence-corrected chi connectivity index (χ0v) is 23.7. The van der Waals surface area contributed by atoms with Gasteiger partial charge in [-0.05, 0) is 31.7 Å². The Labute approximate surface area is 235 Å². The predicted octanol–water partition coefficient (Wildman–Crippen LogP) is 6.53. The van der Waals surface area contributed by atoms with Gasteiger partial charge in [-0.25, -0.2) is 4.79 Å². The summed E-state index contributed by atoms with van der Waals surface area (Å²) >= 11 is 0. The second-order valence-corrected chi connectivity index (χ2v) is 9.31. The molecule has 0 spiro atoms. The van der Waals surface area contributed by atoms with Gasteiger partial charge in [0.2, 0.25) is 5.75 Å². The molecule has 9 nitrogen and oxygen atoms in total. The first kappa shape index (κ1) is 32.2. The summed E-state index contributed by atoms with van der Waals surface area (Å²) in [5.74, 6) is -4.74. The number of benzene rings is 2. The smallest absolute Gasteiger partial charge is 0.339 e. The minimum atomic E-state index is -0.908. The molecule has 9 heteroatoms. The van der Waals surface area contributed by atoms with E-state index in [1.165, 1.54) is 6.92 Å². The van der Waals surface area contributed by atoms with Crippen LogP contribution in [0.25, 0.3) is 0 Å². The quantitative estimate of drug-likeness (QED) is 0.129. The average molecular weight is 555 g/mol. The predicted molar refractivity (Wildman–Crippen MR) is 147 cm³/mol. The lowest BCUT2D eigenvalue weighted by atomic mass is 10.0. The average Bonchev–Trinajstić information content (AvgIpc) is 2.94. The number of hydrogen-bond donors (Lipinski definition) is 0. The number of unbranched alkanes of at least 4 members (excludes halogenated alkanes) is 3. The van der Waals surface area contributed by atoms with Crippen LogP contribution in [0.2, 0.25) is 0 Å². The molecule has 2 rings (SSSR count). The van der Waals surface area contributed by atoms with E-state index in [1.807, 2.05) is 26.8 Å². The van der Waals surface area contributed by atoms with Crippen LogP contribution in [0.15, 0.2) is 36.4 Å². The first-order valence-corrected chi connectivity index (χ1v) is 13.8. The van der Waals surface area contributed by atoms with Crippen LogP contribution >= 0.6 is 0 Å². The maximum Gasteiger partial charge on any atom is 0.339 e. The molecule has 40 heavy (non-hydrogen) atoms. The van der Waals surface area contributed by atoms with Gasteiger partial charge in [0, 0.05) is 25.3 Å². The number of esters is 4. The van der Waals surface area contributed by atoms with E-state index in [4.69, 9.17) is 18.9 Å². The van der Waals surface area contributed by atoms with E-state index in [1.54, 1.807) is 24.3 Å². The van der Waals surface area contributed by atoms with Gasteiger partial charge in [0.15, 0.2) is 17.3 Å². The lowest BCUT2D eigenvalue weighted by molar-refractivity contribution is -0.138. The van der Waals surface area contributed by atoms with Crippen LogP contribution in [-0.2, 0) is 25.7 Å². The van der Waals surface area contributed by atoms with Gasteiger partial charge < -0.3 is 18.9 Å². The molecule has 0 saturated heterocycles. The second kappa shape index (κ2) is 16.8. The van der Waals surface area contributed by atoms with Crippen molar-refractivity contribution in [1.29, 1.82) is 0 Å². The van der Waals surface area contributed by atoms with Gasteiger partial charge in [-0.15, -0.1) is 0 Å². The van der Waals surface area contributed by atoms with E-state index >= 15 is 0 Å². The maximum atomic E-state index is 13.3. The number of ether oxygens (including phenoxy) is 4. The highest BCUT2D eigenvalue weighted by Crippen LogP contribution is 2.44. The molecule has 0 saturated carbocycles. The van der Waals surface area contributed by atoms with Crippen LogP contribution in [-0.4, -0.2) is 29.7 Å². The zero-order chi connectivity index (χ0) is 29.5. The first-order chi connectivity index (χ1) is 19.2. The van der Waals surface area contributed by atoms with Crippen molar-refractivity contribution >= 4 is 29.7 Å². The Morgan fingerprint density at radius 1 is 0.675 bits per heavy atom. The van der Waals surface area contributed by atoms with Crippen molar-refractivity contribution < 1.29 is 42.9 Å². The Kier molecular flexibility index (Phi) is 13.6. The van der Waals surface area contributed by atoms with Crippen LogP contribution in [0.4, 0.5) is 0 Å². The Balaban J connectivity index is 2.68. The molecule has 0 atom stereocenters. The van der Waals surface area contributed by atoms with Crippen LogP contribution in [0.1, 0.15) is 112 Å². The molecule has 0 aliphatic heterocycles. The second-order valence-electron chi connectivity index (χ2n) is 9.31. The fourth-order valence-electron chi connectivity index (χ4n) is 3.66. The maximum absolute atomic E-state index is 13.3. The molecule has 0 aliphatic rings. The summed E-state index contributed by atoms with van der Waals surface area (Å²) in [6.45, 7) is 6.79. The van der Waals surface area contributed by atoms with E-state index in [0.29, 0.717) is 31.2 Å². The van der Waals surface area contributed by atoms with Gasteiger partial charge >= 0.3 is 23.9 Å². The zero-order valence-electron chi connectivity index (χ0n) is 23.7. The van der Waals surface area contributed by atoms with E-state index in [2.05, 4.69) is 0 Å². The van der Waals surface area contributed by atoms with E-state index in [-0.39, 0.29) is 42.7 Å². The highest BCUT2D eigenvalue weighted by Gasteiger charge is 2.32. The molecule has 2 aromatic carbocycles. The fraction of sp³-hybridized carbons (Fsp3) is 0.452. The fourth-order valence-corrected chi connectivity index (χ4v) is 3.66. The minimum Gasteiger partial charge on any atom is -0.457 e. The minimum absolute atomic E-state index is 0.0192. The number of rotatable bonds is 16. The number of hydrogen-bond acceptors (Lipinski definition) is 9. The molecule has 0 bridgehead atoms. The molecule has 2 aromatic rings. The highest BCUT2D eigenvalue weighted by atomic mass is 16.6. The van der Waals surface area contributed by atoms with Crippen molar-refractivity contribution in [2.45, 2.75) is 92.1 Å². The summed E-state index contributed by atoms with van der Waals surface area (Å²) in [5.41, 5.74) is 0.113. The highest BCUT2D eigenvalue weighted by molar-refractivity contribution is 6.09. The van der Waals surface area contributed by atoms with Crippen molar-refractivity contribution in [3.05, 3.63) is 53.1 Å². The summed E-state index contributed by atoms with van der Waals surface area (Å²) in [7, 11) is 0. The molecule has 0 heterocycles. The Morgan fingerprint density at radius 2 is 1.18 bits per heavy atom. The normalized spacial score (nSPS) is 10.5. The molecule has 0 N–H and O–H groups in total. The molecule has 0 radical (unpaired) electrons. The number of carbonyl (C=O) groups excluding carboxylic acids is 5. The van der Waals surface area contributed by atoms with Crippen molar-refractivity contribution in [2.24, 2.45) is 0 Å². The molecule has 216 valence electrons. The van der Waals surface area contributed by atoms with Crippen LogP contribution in [0.5, 0.6) is 17.2 Å². The van der Waals surface area contributed by atoms with Crippen LogP contribution < -0.4 is 14.2 Å². The molecule has 0 amide bonds. The van der Waals surface area contributed by atoms with Crippen LogP contribution in [0.3, 0.4) is 0 Å². The summed E-state index contributed by atoms with van der Waals surface area (Å²) in [6, 6.07) is 10.0. The lowest BCUT2D eigenvalue weighted by Gasteiger charge is -2.19. The third-order valence-corrected chi connectivity index (χ3v) is 5.85. The van der Waals surface area contributed by atoms with Gasteiger partial charge in [-0.1, -0.05) is 70.4 Å². The Bertz CT molecular complexity index is 1190. The molecule has 0 aliphatic carbocycles. The van der Waals surface area contributed by atoms with E-state index in [0.717, 1.165) is 18.9 Å². The van der Waals surface area contributed by atoms with Gasteiger partial charge in [-0.3, -0.25) is 19.2 Å². The summed E-state index contributed by atoms with van der Waals surface area (Å²) in [4.78, 5) is 64.2. The van der Waals surface area contributed by atoms with E-state index in [9.17, 15) is 24.0 Å². The largest absolute Gasteiger partial charge is 0.457 e. The summed E-state index contributed by atoms with van der Waals surface area (Å²) < 4.78 is 22.1. The SMILES string of the molecule is CCCCC(=O)Oc1cc(C(=O)OCc2ccccc2)c(C(C)=O)c(OC(=O)CCCC)c1OC(=O)CCCC. The van der Waals surface area contributed by atoms with E-state index < -0.39 is 41.2 Å². The monoisotopic (exact) mass is 554 g/mol. The first-order valence-electron chi connectivity index (χ1n) is 13.8. The van der Waals surface area contributed by atoms with Crippen molar-refractivity contribution in [1.82, 2.24) is 0 Å². The molecule has 0 unspecified atom stereocenters. The summed E-state index contributed by atoms with van der Waals surface area (Å²) in [5, 5.41) is 0. The van der Waals surface area contributed by atoms with Gasteiger partial charge in [-0.2, -0.15) is 0 Å². The van der Waals surface area contributed by atoms with Gasteiger partial charge in [0.1, 0.15) is 6.61 Å². The van der Waals surface area contributed by atoms with Gasteiger partial charge in [0.05, 0.1) is 11.1 Å². The van der Waals surface area contributed by atoms with Crippen LogP contribution in [0, 0.1) is 0 Å². The summed E-state index contributed by atoms with van der Waals surface area (Å²) in [6.07, 6.45) is 3.86. The number of Topliss-reactive ketones (excluding diaryl/α,β-unsaturated/α-hetero) is 1. The number of ketones is 1. The third-order valence-electron chi connectivity index (χ3n) is 5.85. The molecular formula is C31H38O9. The Morgan fingerprint density at radius 3 is 1.68 bits per heavy atom. The molecular weight excluding hydrogens is 516 g/mol. The van der Waals surface area contributed by atoms with Gasteiger partial charge in [0.25, 0.3) is 0 Å². The number of carbonyl (C=O) groups is 5. The van der Waals surface area contributed by atoms with Crippen molar-refractivity contribution in [3.8, 4) is 17.2 Å². The Hall–Kier alpha value is -4.01. The van der Waals surface area contributed by atoms with Crippen molar-refractivity contribution in [3.63, 3.8) is 0 Å². The third kappa shape index (κ3) is 9.94. The van der Waals surface area contributed by atoms with Crippen molar-refractivity contribution in [2.75, 3.05) is 0 Å². The lowest BCUT2D eigenvalue weighted by Crippen LogP contribution is -2.20. The standard InChI is InChI=1S/C31H38O9/c1-5-8-16-25(33)38-24-19-23(31(36)37-20-22-14-12-11-13-15-22)28(21(4)32)30(40-27(35)18-10-7-3)29(24)39-26(34)17-9-6-2/h11-15,19H,5-10,16-18,20H2,1-4H3. The topological polar surface area (TPSA) is 122 Å². The molecule has 0 aromatic heterocycles.